The molecule has 0 spiro atoms. The van der Waals surface area contributed by atoms with Gasteiger partial charge in [-0.1, -0.05) is 24.6 Å². The van der Waals surface area contributed by atoms with E-state index in [1.54, 1.807) is 0 Å². The van der Waals surface area contributed by atoms with Gasteiger partial charge in [0, 0.05) is 24.7 Å². The maximum Gasteiger partial charge on any atom is 0.254 e. The van der Waals surface area contributed by atoms with Crippen LogP contribution in [-0.2, 0) is 6.42 Å². The number of hydrogen-bond acceptors (Lipinski definition) is 2. The Labute approximate surface area is 116 Å². The summed E-state index contributed by atoms with van der Waals surface area (Å²) in [5.41, 5.74) is 2.10. The molecule has 0 radical (unpaired) electrons. The number of hydrogen-bond donors (Lipinski definition) is 1. The van der Waals surface area contributed by atoms with Gasteiger partial charge < -0.3 is 10.2 Å². The molecule has 0 bridgehead atoms. The van der Waals surface area contributed by atoms with Gasteiger partial charge in [-0.05, 0) is 44.9 Å². The first-order valence-electron chi connectivity index (χ1n) is 7.27. The molecule has 0 fully saturated rings. The van der Waals surface area contributed by atoms with E-state index in [0.717, 1.165) is 31.5 Å². The first kappa shape index (κ1) is 14.1. The second-order valence-electron chi connectivity index (χ2n) is 5.38. The zero-order chi connectivity index (χ0) is 13.7. The Balaban J connectivity index is 1.82. The summed E-state index contributed by atoms with van der Waals surface area (Å²) in [6.07, 6.45) is 4.44. The van der Waals surface area contributed by atoms with E-state index in [2.05, 4.69) is 18.3 Å². The van der Waals surface area contributed by atoms with Crippen molar-refractivity contribution in [3.05, 3.63) is 35.4 Å². The Morgan fingerprint density at radius 2 is 2.11 bits per heavy atom. The summed E-state index contributed by atoms with van der Waals surface area (Å²) in [5, 5.41) is 3.24. The van der Waals surface area contributed by atoms with Gasteiger partial charge in [-0.2, -0.15) is 0 Å². The number of carbonyl (C=O) groups excluding carboxylic acids is 1. The Morgan fingerprint density at radius 1 is 1.32 bits per heavy atom. The van der Waals surface area contributed by atoms with Gasteiger partial charge in [-0.3, -0.25) is 4.79 Å². The first-order chi connectivity index (χ1) is 9.22. The third-order valence-corrected chi connectivity index (χ3v) is 3.99. The molecule has 0 aromatic heterocycles. The zero-order valence-corrected chi connectivity index (χ0v) is 12.0. The first-order valence-corrected chi connectivity index (χ1v) is 7.27. The van der Waals surface area contributed by atoms with Gasteiger partial charge in [0.1, 0.15) is 0 Å². The summed E-state index contributed by atoms with van der Waals surface area (Å²) >= 11 is 0. The van der Waals surface area contributed by atoms with E-state index in [1.807, 2.05) is 30.1 Å². The van der Waals surface area contributed by atoms with E-state index < -0.39 is 0 Å². The molecular formula is C16H24N2O. The van der Waals surface area contributed by atoms with Crippen LogP contribution in [0.15, 0.2) is 24.3 Å². The summed E-state index contributed by atoms with van der Waals surface area (Å²) < 4.78 is 0. The molecule has 1 aliphatic heterocycles. The lowest BCUT2D eigenvalue weighted by molar-refractivity contribution is 0.0736. The number of nitrogens with one attached hydrogen (secondary N) is 1. The summed E-state index contributed by atoms with van der Waals surface area (Å²) in [6, 6.07) is 8.56. The van der Waals surface area contributed by atoms with Gasteiger partial charge in [0.25, 0.3) is 5.91 Å². The molecule has 104 valence electrons. The van der Waals surface area contributed by atoms with Crippen LogP contribution in [0.4, 0.5) is 0 Å². The molecule has 19 heavy (non-hydrogen) atoms. The lowest BCUT2D eigenvalue weighted by Gasteiger charge is -2.28. The topological polar surface area (TPSA) is 32.3 Å². The fourth-order valence-electron chi connectivity index (χ4n) is 2.59. The Hall–Kier alpha value is -1.35. The van der Waals surface area contributed by atoms with Crippen LogP contribution < -0.4 is 5.32 Å². The van der Waals surface area contributed by atoms with E-state index in [-0.39, 0.29) is 5.91 Å². The monoisotopic (exact) mass is 260 g/mol. The number of unbranched alkanes of at least 4 members (excludes halogenated alkanes) is 1. The molecule has 0 saturated carbocycles. The third kappa shape index (κ3) is 3.57. The van der Waals surface area contributed by atoms with Crippen LogP contribution >= 0.6 is 0 Å². The number of nitrogens with zero attached hydrogens (tertiary/aromatic N) is 1. The van der Waals surface area contributed by atoms with Crippen LogP contribution in [0.25, 0.3) is 0 Å². The van der Waals surface area contributed by atoms with Crippen LogP contribution in [0.1, 0.15) is 42.1 Å². The van der Waals surface area contributed by atoms with Crippen molar-refractivity contribution in [1.82, 2.24) is 10.2 Å². The van der Waals surface area contributed by atoms with Gasteiger partial charge in [-0.25, -0.2) is 0 Å². The molecule has 1 unspecified atom stereocenters. The molecule has 1 amide bonds. The molecule has 1 atom stereocenters. The van der Waals surface area contributed by atoms with Crippen LogP contribution in [0.2, 0.25) is 0 Å². The summed E-state index contributed by atoms with van der Waals surface area (Å²) in [4.78, 5) is 14.3. The average molecular weight is 260 g/mol. The molecular weight excluding hydrogens is 236 g/mol. The highest BCUT2D eigenvalue weighted by Crippen LogP contribution is 2.19. The number of fused-ring (bicyclic) bond motifs is 1. The quantitative estimate of drug-likeness (QED) is 0.797. The molecule has 1 heterocycles. The van der Waals surface area contributed by atoms with Crippen molar-refractivity contribution in [2.75, 3.05) is 20.1 Å². The normalized spacial score (nSPS) is 16.3. The van der Waals surface area contributed by atoms with E-state index >= 15 is 0 Å². The minimum Gasteiger partial charge on any atom is -0.338 e. The smallest absolute Gasteiger partial charge is 0.254 e. The predicted molar refractivity (Wildman–Crippen MR) is 78.4 cm³/mol. The third-order valence-electron chi connectivity index (χ3n) is 3.99. The summed E-state index contributed by atoms with van der Waals surface area (Å²) in [7, 11) is 2.00. The maximum absolute atomic E-state index is 12.3. The molecule has 1 aliphatic rings. The van der Waals surface area contributed by atoms with Crippen LogP contribution in [0.3, 0.4) is 0 Å². The van der Waals surface area contributed by atoms with Crippen molar-refractivity contribution in [3.8, 4) is 0 Å². The highest BCUT2D eigenvalue weighted by atomic mass is 16.2. The van der Waals surface area contributed by atoms with Crippen molar-refractivity contribution in [3.63, 3.8) is 0 Å². The molecule has 1 N–H and O–H groups in total. The standard InChI is InChI=1S/C16H24N2O/c1-13(17-2)7-5-6-11-18-12-10-14-8-3-4-9-15(14)16(18)19/h3-4,8-9,13,17H,5-7,10-12H2,1-2H3. The number of carbonyl (C=O) groups is 1. The van der Waals surface area contributed by atoms with Crippen molar-refractivity contribution >= 4 is 5.91 Å². The van der Waals surface area contributed by atoms with Crippen LogP contribution in [0, 0.1) is 0 Å². The van der Waals surface area contributed by atoms with Gasteiger partial charge in [-0.15, -0.1) is 0 Å². The molecule has 1 aromatic carbocycles. The molecule has 3 nitrogen and oxygen atoms in total. The minimum atomic E-state index is 0.212. The molecule has 3 heteroatoms. The Bertz CT molecular complexity index is 431. The van der Waals surface area contributed by atoms with Gasteiger partial charge in [0.15, 0.2) is 0 Å². The number of amides is 1. The second-order valence-corrected chi connectivity index (χ2v) is 5.38. The van der Waals surface area contributed by atoms with Crippen molar-refractivity contribution in [2.45, 2.75) is 38.6 Å². The molecule has 0 aliphatic carbocycles. The lowest BCUT2D eigenvalue weighted by Crippen LogP contribution is -2.38. The maximum atomic E-state index is 12.3. The molecule has 2 rings (SSSR count). The van der Waals surface area contributed by atoms with Crippen molar-refractivity contribution < 1.29 is 4.79 Å². The van der Waals surface area contributed by atoms with E-state index in [4.69, 9.17) is 0 Å². The van der Waals surface area contributed by atoms with Gasteiger partial charge in [0.2, 0.25) is 0 Å². The minimum absolute atomic E-state index is 0.212. The van der Waals surface area contributed by atoms with Gasteiger partial charge in [0.05, 0.1) is 0 Å². The zero-order valence-electron chi connectivity index (χ0n) is 12.0. The molecule has 1 aromatic rings. The summed E-state index contributed by atoms with van der Waals surface area (Å²) in [6.45, 7) is 3.96. The van der Waals surface area contributed by atoms with Crippen LogP contribution in [0.5, 0.6) is 0 Å². The predicted octanol–water partition coefficient (Wildman–Crippen LogP) is 2.46. The van der Waals surface area contributed by atoms with E-state index in [1.165, 1.54) is 18.4 Å². The fourth-order valence-corrected chi connectivity index (χ4v) is 2.59. The van der Waals surface area contributed by atoms with Crippen molar-refractivity contribution in [1.29, 1.82) is 0 Å². The van der Waals surface area contributed by atoms with Crippen molar-refractivity contribution in [2.24, 2.45) is 0 Å². The van der Waals surface area contributed by atoms with Crippen LogP contribution in [-0.4, -0.2) is 37.0 Å². The number of benzene rings is 1. The fraction of sp³-hybridized carbons (Fsp3) is 0.562. The Morgan fingerprint density at radius 3 is 2.89 bits per heavy atom. The van der Waals surface area contributed by atoms with Gasteiger partial charge >= 0.3 is 0 Å². The van der Waals surface area contributed by atoms with E-state index in [0.29, 0.717) is 6.04 Å². The summed E-state index contributed by atoms with van der Waals surface area (Å²) in [5.74, 6) is 0.212. The van der Waals surface area contributed by atoms with E-state index in [9.17, 15) is 4.79 Å². The largest absolute Gasteiger partial charge is 0.338 e. The number of rotatable bonds is 6. The average Bonchev–Trinajstić information content (AvgIpc) is 2.45. The lowest BCUT2D eigenvalue weighted by atomic mass is 9.99. The highest BCUT2D eigenvalue weighted by Gasteiger charge is 2.22. The Kier molecular flexibility index (Phi) is 4.97. The second kappa shape index (κ2) is 6.71. The SMILES string of the molecule is CNC(C)CCCCN1CCc2ccccc2C1=O. The molecule has 0 saturated heterocycles. The highest BCUT2D eigenvalue weighted by molar-refractivity contribution is 5.96.